The van der Waals surface area contributed by atoms with Crippen molar-refractivity contribution in [2.75, 3.05) is 19.6 Å². The van der Waals surface area contributed by atoms with Crippen molar-refractivity contribution < 1.29 is 14.3 Å². The van der Waals surface area contributed by atoms with E-state index in [1.54, 1.807) is 0 Å². The van der Waals surface area contributed by atoms with Gasteiger partial charge in [0.05, 0.1) is 5.60 Å². The van der Waals surface area contributed by atoms with Crippen LogP contribution in [0.2, 0.25) is 5.02 Å². The van der Waals surface area contributed by atoms with E-state index in [0.29, 0.717) is 29.8 Å². The number of rotatable bonds is 6. The molecule has 5 heteroatoms. The first kappa shape index (κ1) is 19.0. The van der Waals surface area contributed by atoms with E-state index in [0.717, 1.165) is 31.6 Å². The Labute approximate surface area is 158 Å². The van der Waals surface area contributed by atoms with Gasteiger partial charge in [0.2, 0.25) is 0 Å². The fourth-order valence-electron chi connectivity index (χ4n) is 3.44. The SMILES string of the molecule is O=C(CCCN1CCC(O)(c2ccc(Cl)cc2)CC1)c1ccc([19F])cc1. The minimum Gasteiger partial charge on any atom is -0.385 e. The van der Waals surface area contributed by atoms with Crippen LogP contribution in [-0.2, 0) is 5.60 Å². The third-order valence-electron chi connectivity index (χ3n) is 5.11. The number of carbonyl (C=O) groups excluding carboxylic acids is 1. The van der Waals surface area contributed by atoms with Gasteiger partial charge < -0.3 is 10.0 Å². The van der Waals surface area contributed by atoms with Crippen molar-refractivity contribution in [1.82, 2.24) is 4.90 Å². The topological polar surface area (TPSA) is 40.5 Å². The van der Waals surface area contributed by atoms with Gasteiger partial charge in [0.15, 0.2) is 5.78 Å². The van der Waals surface area contributed by atoms with Gasteiger partial charge in [-0.15, -0.1) is 0 Å². The molecule has 138 valence electrons. The van der Waals surface area contributed by atoms with Gasteiger partial charge in [-0.3, -0.25) is 4.79 Å². The Kier molecular flexibility index (Phi) is 6.07. The summed E-state index contributed by atoms with van der Waals surface area (Å²) < 4.78 is 12.9. The zero-order valence-electron chi connectivity index (χ0n) is 14.6. The van der Waals surface area contributed by atoms with Crippen molar-refractivity contribution in [2.24, 2.45) is 0 Å². The average Bonchev–Trinajstić information content (AvgIpc) is 2.64. The molecule has 0 aromatic heterocycles. The highest BCUT2D eigenvalue weighted by atomic mass is 35.5. The van der Waals surface area contributed by atoms with E-state index < -0.39 is 5.60 Å². The van der Waals surface area contributed by atoms with Gasteiger partial charge in [-0.25, -0.2) is 4.39 Å². The van der Waals surface area contributed by atoms with E-state index >= 15 is 0 Å². The largest absolute Gasteiger partial charge is 0.385 e. The van der Waals surface area contributed by atoms with Crippen LogP contribution in [0.25, 0.3) is 0 Å². The van der Waals surface area contributed by atoms with Crippen LogP contribution in [0.3, 0.4) is 0 Å². The lowest BCUT2D eigenvalue weighted by Crippen LogP contribution is -2.42. The molecule has 1 heterocycles. The molecule has 0 atom stereocenters. The molecule has 0 radical (unpaired) electrons. The Balaban J connectivity index is 1.44. The van der Waals surface area contributed by atoms with Gasteiger partial charge in [0, 0.05) is 30.1 Å². The van der Waals surface area contributed by atoms with Crippen LogP contribution in [0.15, 0.2) is 48.5 Å². The van der Waals surface area contributed by atoms with E-state index in [9.17, 15) is 14.3 Å². The molecule has 1 aliphatic rings. The van der Waals surface area contributed by atoms with E-state index in [2.05, 4.69) is 4.90 Å². The summed E-state index contributed by atoms with van der Waals surface area (Å²) >= 11 is 5.92. The molecule has 0 unspecified atom stereocenters. The highest BCUT2D eigenvalue weighted by molar-refractivity contribution is 6.30. The molecule has 26 heavy (non-hydrogen) atoms. The summed E-state index contributed by atoms with van der Waals surface area (Å²) in [7, 11) is 0. The predicted octanol–water partition coefficient (Wildman–Crippen LogP) is 4.43. The number of Topliss-reactive ketones (excluding diaryl/α,β-unsaturated/α-hetero) is 1. The molecule has 1 aliphatic heterocycles. The molecule has 1 fully saturated rings. The second kappa shape index (κ2) is 8.30. The van der Waals surface area contributed by atoms with Gasteiger partial charge in [0.25, 0.3) is 0 Å². The summed E-state index contributed by atoms with van der Waals surface area (Å²) in [6.07, 6.45) is 2.54. The highest BCUT2D eigenvalue weighted by Crippen LogP contribution is 2.33. The smallest absolute Gasteiger partial charge is 0.162 e. The van der Waals surface area contributed by atoms with Crippen LogP contribution in [-0.4, -0.2) is 35.4 Å². The van der Waals surface area contributed by atoms with Crippen molar-refractivity contribution >= 4 is 17.4 Å². The predicted molar refractivity (Wildman–Crippen MR) is 101 cm³/mol. The number of benzene rings is 2. The van der Waals surface area contributed by atoms with Crippen LogP contribution in [0.1, 0.15) is 41.6 Å². The number of halogens is 2. The van der Waals surface area contributed by atoms with E-state index in [1.165, 1.54) is 24.3 Å². The molecule has 3 rings (SSSR count). The molecule has 1 N–H and O–H groups in total. The minimum absolute atomic E-state index is 0.0414. The van der Waals surface area contributed by atoms with Crippen LogP contribution < -0.4 is 0 Å². The monoisotopic (exact) mass is 375 g/mol. The van der Waals surface area contributed by atoms with E-state index in [1.807, 2.05) is 24.3 Å². The van der Waals surface area contributed by atoms with Crippen LogP contribution >= 0.6 is 11.6 Å². The lowest BCUT2D eigenvalue weighted by molar-refractivity contribution is -0.0260. The number of aliphatic hydroxyl groups is 1. The van der Waals surface area contributed by atoms with Gasteiger partial charge >= 0.3 is 0 Å². The average molecular weight is 376 g/mol. The lowest BCUT2D eigenvalue weighted by atomic mass is 9.84. The zero-order valence-corrected chi connectivity index (χ0v) is 15.4. The van der Waals surface area contributed by atoms with Gasteiger partial charge in [-0.1, -0.05) is 23.7 Å². The Bertz CT molecular complexity index is 738. The molecule has 2 aromatic rings. The fourth-order valence-corrected chi connectivity index (χ4v) is 3.56. The first-order valence-electron chi connectivity index (χ1n) is 8.96. The maximum atomic E-state index is 12.9. The zero-order chi connectivity index (χ0) is 18.6. The van der Waals surface area contributed by atoms with Gasteiger partial charge in [-0.05, 0) is 67.8 Å². The maximum Gasteiger partial charge on any atom is 0.162 e. The number of hydrogen-bond acceptors (Lipinski definition) is 3. The van der Waals surface area contributed by atoms with E-state index in [-0.39, 0.29) is 11.6 Å². The second-order valence-corrected chi connectivity index (χ2v) is 7.35. The molecule has 0 spiro atoms. The van der Waals surface area contributed by atoms with Crippen LogP contribution in [0.4, 0.5) is 4.39 Å². The second-order valence-electron chi connectivity index (χ2n) is 6.91. The first-order chi connectivity index (χ1) is 12.5. The molecule has 0 saturated carbocycles. The number of ketones is 1. The number of likely N-dealkylation sites (tertiary alicyclic amines) is 1. The molecule has 0 aliphatic carbocycles. The molecular weight excluding hydrogens is 353 g/mol. The lowest BCUT2D eigenvalue weighted by Gasteiger charge is -2.38. The number of nitrogens with zero attached hydrogens (tertiary/aromatic N) is 1. The summed E-state index contributed by atoms with van der Waals surface area (Å²) in [6.45, 7) is 2.41. The summed E-state index contributed by atoms with van der Waals surface area (Å²) in [4.78, 5) is 14.4. The Morgan fingerprint density at radius 3 is 2.31 bits per heavy atom. The Morgan fingerprint density at radius 2 is 1.69 bits per heavy atom. The molecule has 0 amide bonds. The van der Waals surface area contributed by atoms with Crippen molar-refractivity contribution in [2.45, 2.75) is 31.3 Å². The molecule has 0 bridgehead atoms. The Hall–Kier alpha value is -1.75. The highest BCUT2D eigenvalue weighted by Gasteiger charge is 2.33. The summed E-state index contributed by atoms with van der Waals surface area (Å²) in [5.41, 5.74) is 0.667. The minimum atomic E-state index is -0.801. The van der Waals surface area contributed by atoms with Crippen molar-refractivity contribution in [3.05, 3.63) is 70.5 Å². The fraction of sp³-hybridized carbons (Fsp3) is 0.381. The third-order valence-corrected chi connectivity index (χ3v) is 5.36. The van der Waals surface area contributed by atoms with Gasteiger partial charge in [0.1, 0.15) is 5.82 Å². The van der Waals surface area contributed by atoms with Gasteiger partial charge in [-0.2, -0.15) is 0 Å². The summed E-state index contributed by atoms with van der Waals surface area (Å²) in [6, 6.07) is 13.1. The van der Waals surface area contributed by atoms with Crippen molar-refractivity contribution in [3.63, 3.8) is 0 Å². The number of carbonyl (C=O) groups is 1. The van der Waals surface area contributed by atoms with Crippen molar-refractivity contribution in [3.8, 4) is 0 Å². The normalized spacial score (nSPS) is 17.2. The molecule has 2 aromatic carbocycles. The quantitative estimate of drug-likeness (QED) is 0.759. The molecular formula is C21H23ClFNO2. The summed E-state index contributed by atoms with van der Waals surface area (Å²) in [5, 5.41) is 11.5. The van der Waals surface area contributed by atoms with Crippen LogP contribution in [0.5, 0.6) is 0 Å². The molecule has 1 saturated heterocycles. The third kappa shape index (κ3) is 4.70. The van der Waals surface area contributed by atoms with Crippen LogP contribution in [0, 0.1) is 5.82 Å². The van der Waals surface area contributed by atoms with E-state index in [4.69, 9.17) is 11.6 Å². The number of hydrogen-bond donors (Lipinski definition) is 1. The van der Waals surface area contributed by atoms with Crippen molar-refractivity contribution in [1.29, 1.82) is 0 Å². The number of piperidine rings is 1. The maximum absolute atomic E-state index is 12.9. The summed E-state index contributed by atoms with van der Waals surface area (Å²) in [5.74, 6) is -0.289. The standard InChI is InChI=1S/C21H23ClFNO2/c22-18-7-5-17(6-8-18)21(26)11-14-24(15-12-21)13-1-2-20(25)16-3-9-19(23)10-4-16/h3-10,26H,1-2,11-15H2/i23+0. The Morgan fingerprint density at radius 1 is 1.08 bits per heavy atom. The molecule has 3 nitrogen and oxygen atoms in total. The first-order valence-corrected chi connectivity index (χ1v) is 9.34.